The van der Waals surface area contributed by atoms with Crippen molar-refractivity contribution in [1.82, 2.24) is 15.0 Å². The number of aromatic nitrogens is 3. The van der Waals surface area contributed by atoms with Gasteiger partial charge in [-0.15, -0.1) is 0 Å². The lowest BCUT2D eigenvalue weighted by Gasteiger charge is -2.28. The number of H-pyrrole nitrogens is 1. The monoisotopic (exact) mass is 446 g/mol. The minimum absolute atomic E-state index is 0.00732. The van der Waals surface area contributed by atoms with Crippen molar-refractivity contribution in [2.24, 2.45) is 0 Å². The minimum atomic E-state index is -0.187. The summed E-state index contributed by atoms with van der Waals surface area (Å²) in [6, 6.07) is 27.2. The Morgan fingerprint density at radius 2 is 1.76 bits per heavy atom. The third kappa shape index (κ3) is 3.74. The van der Waals surface area contributed by atoms with Crippen molar-refractivity contribution in [1.29, 1.82) is 0 Å². The summed E-state index contributed by atoms with van der Waals surface area (Å²) in [7, 11) is 0. The first-order valence-corrected chi connectivity index (χ1v) is 11.7. The van der Waals surface area contributed by atoms with Crippen LogP contribution in [-0.2, 0) is 12.8 Å². The zero-order chi connectivity index (χ0) is 22.9. The molecule has 1 aliphatic rings. The van der Waals surface area contributed by atoms with E-state index in [-0.39, 0.29) is 12.6 Å². The average Bonchev–Trinajstić information content (AvgIpc) is 3.31. The highest BCUT2D eigenvalue weighted by molar-refractivity contribution is 5.83. The molecule has 2 heterocycles. The summed E-state index contributed by atoms with van der Waals surface area (Å²) >= 11 is 0. The zero-order valence-electron chi connectivity index (χ0n) is 18.8. The Morgan fingerprint density at radius 1 is 0.971 bits per heavy atom. The van der Waals surface area contributed by atoms with Crippen LogP contribution in [0, 0.1) is 0 Å². The summed E-state index contributed by atoms with van der Waals surface area (Å²) in [6.07, 6.45) is 5.50. The number of para-hydroxylation sites is 1. The van der Waals surface area contributed by atoms with Crippen molar-refractivity contribution in [3.63, 3.8) is 0 Å². The first-order valence-electron chi connectivity index (χ1n) is 11.7. The molecule has 0 spiro atoms. The van der Waals surface area contributed by atoms with Gasteiger partial charge in [-0.05, 0) is 41.2 Å². The molecule has 168 valence electrons. The first-order chi connectivity index (χ1) is 16.8. The molecular weight excluding hydrogens is 420 g/mol. The number of nitrogens with zero attached hydrogens (tertiary/aromatic N) is 2. The second kappa shape index (κ2) is 8.76. The second-order valence-corrected chi connectivity index (χ2v) is 8.91. The normalized spacial score (nSPS) is 15.5. The van der Waals surface area contributed by atoms with Gasteiger partial charge in [-0.2, -0.15) is 0 Å². The first kappa shape index (κ1) is 20.6. The molecule has 0 aliphatic heterocycles. The fraction of sp³-hybridized carbons (Fsp3) is 0.172. The topological polar surface area (TPSA) is 73.8 Å². The average molecular weight is 447 g/mol. The maximum Gasteiger partial charge on any atom is 0.223 e. The number of nitrogens with one attached hydrogen (secondary N) is 2. The van der Waals surface area contributed by atoms with E-state index in [0.717, 1.165) is 34.3 Å². The highest BCUT2D eigenvalue weighted by Gasteiger charge is 2.27. The molecular formula is C29H26N4O. The van der Waals surface area contributed by atoms with Crippen LogP contribution in [-0.4, -0.2) is 32.7 Å². The zero-order valence-corrected chi connectivity index (χ0v) is 18.8. The lowest BCUT2D eigenvalue weighted by molar-refractivity contribution is 0.273. The Morgan fingerprint density at radius 3 is 2.65 bits per heavy atom. The molecule has 6 rings (SSSR count). The molecule has 2 unspecified atom stereocenters. The fourth-order valence-corrected chi connectivity index (χ4v) is 5.10. The van der Waals surface area contributed by atoms with Gasteiger partial charge in [0.05, 0.1) is 18.3 Å². The van der Waals surface area contributed by atoms with Crippen molar-refractivity contribution in [3.8, 4) is 11.3 Å². The molecule has 2 aromatic heterocycles. The molecule has 5 nitrogen and oxygen atoms in total. The molecule has 3 N–H and O–H groups in total. The summed E-state index contributed by atoms with van der Waals surface area (Å²) in [6.45, 7) is -0.00732. The summed E-state index contributed by atoms with van der Waals surface area (Å²) in [5.41, 5.74) is 8.14. The maximum absolute atomic E-state index is 10.1. The van der Waals surface area contributed by atoms with Gasteiger partial charge in [-0.1, -0.05) is 72.8 Å². The van der Waals surface area contributed by atoms with E-state index < -0.39 is 0 Å². The van der Waals surface area contributed by atoms with E-state index >= 15 is 0 Å². The van der Waals surface area contributed by atoms with Gasteiger partial charge < -0.3 is 15.4 Å². The second-order valence-electron chi connectivity index (χ2n) is 8.91. The number of rotatable bonds is 6. The predicted octanol–water partition coefficient (Wildman–Crippen LogP) is 5.33. The van der Waals surface area contributed by atoms with Crippen LogP contribution < -0.4 is 5.32 Å². The van der Waals surface area contributed by atoms with Crippen LogP contribution in [0.4, 0.5) is 5.95 Å². The molecule has 1 aliphatic carbocycles. The predicted molar refractivity (Wildman–Crippen MR) is 136 cm³/mol. The van der Waals surface area contributed by atoms with Crippen LogP contribution in [0.15, 0.2) is 91.3 Å². The smallest absolute Gasteiger partial charge is 0.223 e. The highest BCUT2D eigenvalue weighted by Crippen LogP contribution is 2.41. The largest absolute Gasteiger partial charge is 0.394 e. The van der Waals surface area contributed by atoms with Crippen LogP contribution in [0.5, 0.6) is 0 Å². The Balaban J connectivity index is 1.29. The van der Waals surface area contributed by atoms with E-state index in [2.05, 4.69) is 82.0 Å². The van der Waals surface area contributed by atoms with Gasteiger partial charge in [0.25, 0.3) is 0 Å². The van der Waals surface area contributed by atoms with Gasteiger partial charge >= 0.3 is 0 Å². The maximum atomic E-state index is 10.1. The Bertz CT molecular complexity index is 1440. The highest BCUT2D eigenvalue weighted by atomic mass is 16.3. The molecule has 0 saturated carbocycles. The van der Waals surface area contributed by atoms with E-state index in [9.17, 15) is 5.11 Å². The molecule has 0 amide bonds. The van der Waals surface area contributed by atoms with E-state index in [1.165, 1.54) is 16.5 Å². The molecule has 0 saturated heterocycles. The number of hydrogen-bond donors (Lipinski definition) is 3. The fourth-order valence-electron chi connectivity index (χ4n) is 5.10. The quantitative estimate of drug-likeness (QED) is 0.330. The standard InChI is InChI=1S/C29H26N4O/c34-18-22(14-20-16-30-27-13-7-6-10-23(20)27)32-29-31-17-21-15-26(19-8-2-1-3-9-19)24-11-4-5-12-25(24)28(21)33-29/h1-13,16-17,22,26,30,34H,14-15,18H2,(H,31,32,33). The number of fused-ring (bicyclic) bond motifs is 4. The van der Waals surface area contributed by atoms with Crippen molar-refractivity contribution >= 4 is 16.9 Å². The Kier molecular flexibility index (Phi) is 5.32. The van der Waals surface area contributed by atoms with Gasteiger partial charge in [-0.3, -0.25) is 0 Å². The van der Waals surface area contributed by atoms with Crippen molar-refractivity contribution < 1.29 is 5.11 Å². The van der Waals surface area contributed by atoms with Crippen molar-refractivity contribution in [3.05, 3.63) is 114 Å². The van der Waals surface area contributed by atoms with Gasteiger partial charge in [0.1, 0.15) is 0 Å². The Labute approximate surface area is 198 Å². The number of aromatic amines is 1. The van der Waals surface area contributed by atoms with Crippen LogP contribution in [0.3, 0.4) is 0 Å². The SMILES string of the molecule is OCC(Cc1c[nH]c2ccccc12)Nc1ncc2c(n1)-c1ccccc1C(c1ccccc1)C2. The van der Waals surface area contributed by atoms with E-state index in [1.54, 1.807) is 0 Å². The molecule has 2 atom stereocenters. The molecule has 0 fully saturated rings. The number of hydrogen-bond acceptors (Lipinski definition) is 4. The molecule has 0 bridgehead atoms. The summed E-state index contributed by atoms with van der Waals surface area (Å²) in [5, 5.41) is 14.6. The van der Waals surface area contributed by atoms with E-state index in [1.807, 2.05) is 24.5 Å². The summed E-state index contributed by atoms with van der Waals surface area (Å²) < 4.78 is 0. The van der Waals surface area contributed by atoms with Gasteiger partial charge in [0.2, 0.25) is 5.95 Å². The van der Waals surface area contributed by atoms with Crippen LogP contribution >= 0.6 is 0 Å². The van der Waals surface area contributed by atoms with Crippen LogP contribution in [0.1, 0.15) is 28.2 Å². The van der Waals surface area contributed by atoms with Crippen molar-refractivity contribution in [2.45, 2.75) is 24.8 Å². The molecule has 5 aromatic rings. The number of anilines is 1. The lowest BCUT2D eigenvalue weighted by Crippen LogP contribution is -2.27. The number of benzene rings is 3. The summed E-state index contributed by atoms with van der Waals surface area (Å²) in [5.74, 6) is 0.838. The Hall–Kier alpha value is -3.96. The minimum Gasteiger partial charge on any atom is -0.394 e. The van der Waals surface area contributed by atoms with Crippen LogP contribution in [0.2, 0.25) is 0 Å². The third-order valence-electron chi connectivity index (χ3n) is 6.78. The number of aliphatic hydroxyl groups is 1. The lowest BCUT2D eigenvalue weighted by atomic mass is 9.78. The van der Waals surface area contributed by atoms with Gasteiger partial charge in [-0.25, -0.2) is 9.97 Å². The molecule has 5 heteroatoms. The van der Waals surface area contributed by atoms with E-state index in [4.69, 9.17) is 4.98 Å². The molecule has 34 heavy (non-hydrogen) atoms. The van der Waals surface area contributed by atoms with Crippen LogP contribution in [0.25, 0.3) is 22.2 Å². The van der Waals surface area contributed by atoms with Crippen molar-refractivity contribution in [2.75, 3.05) is 11.9 Å². The molecule has 0 radical (unpaired) electrons. The summed E-state index contributed by atoms with van der Waals surface area (Å²) in [4.78, 5) is 12.9. The van der Waals surface area contributed by atoms with E-state index in [0.29, 0.717) is 18.3 Å². The van der Waals surface area contributed by atoms with Gasteiger partial charge in [0, 0.05) is 34.8 Å². The number of aliphatic hydroxyl groups excluding tert-OH is 1. The van der Waals surface area contributed by atoms with Gasteiger partial charge in [0.15, 0.2) is 0 Å². The molecule has 3 aromatic carbocycles. The third-order valence-corrected chi connectivity index (χ3v) is 6.78.